The van der Waals surface area contributed by atoms with Crippen LogP contribution in [0.15, 0.2) is 53.8 Å². The molecule has 1 fully saturated rings. The van der Waals surface area contributed by atoms with Crippen LogP contribution in [0.1, 0.15) is 27.5 Å². The third-order valence-electron chi connectivity index (χ3n) is 5.24. The van der Waals surface area contributed by atoms with E-state index in [0.29, 0.717) is 17.2 Å². The topological polar surface area (TPSA) is 47.0 Å². The van der Waals surface area contributed by atoms with E-state index in [1.54, 1.807) is 0 Å². The summed E-state index contributed by atoms with van der Waals surface area (Å²) in [6.45, 7) is 9.19. The van der Waals surface area contributed by atoms with Crippen molar-refractivity contribution in [3.8, 4) is 0 Å². The predicted molar refractivity (Wildman–Crippen MR) is 112 cm³/mol. The molecule has 2 heterocycles. The van der Waals surface area contributed by atoms with Crippen molar-refractivity contribution in [1.82, 2.24) is 0 Å². The number of nitrogens with zero attached hydrogens (tertiary/aromatic N) is 2. The molecule has 0 saturated carbocycles. The molecule has 5 nitrogen and oxygen atoms in total. The summed E-state index contributed by atoms with van der Waals surface area (Å²) >= 11 is 5.62. The van der Waals surface area contributed by atoms with E-state index in [4.69, 9.17) is 17.4 Å². The van der Waals surface area contributed by atoms with Gasteiger partial charge in [0, 0.05) is 17.7 Å². The number of hydrogen-bond acceptors (Lipinski definition) is 4. The first kappa shape index (κ1) is 20.6. The van der Waals surface area contributed by atoms with E-state index in [0.717, 1.165) is 38.4 Å². The smallest absolute Gasteiger partial charge is 0.237 e. The average Bonchev–Trinajstić information content (AvgIpc) is 2.72. The second-order valence-corrected chi connectivity index (χ2v) is 7.64. The Labute approximate surface area is 172 Å². The normalized spacial score (nSPS) is 16.7. The molecule has 1 aliphatic heterocycles. The monoisotopic (exact) mass is 398 g/mol. The fourth-order valence-electron chi connectivity index (χ4n) is 3.33. The molecule has 28 heavy (non-hydrogen) atoms. The van der Waals surface area contributed by atoms with E-state index in [-0.39, 0.29) is 5.78 Å². The summed E-state index contributed by atoms with van der Waals surface area (Å²) in [5.41, 5.74) is 2.93. The second-order valence-electron chi connectivity index (χ2n) is 7.22. The predicted octanol–water partition coefficient (Wildman–Crippen LogP) is 0.875. The van der Waals surface area contributed by atoms with Gasteiger partial charge in [-0.3, -0.25) is 4.79 Å². The molecule has 2 aromatic rings. The van der Waals surface area contributed by atoms with Crippen molar-refractivity contribution in [2.45, 2.75) is 19.9 Å². The van der Waals surface area contributed by atoms with Crippen LogP contribution >= 0.6 is 0 Å². The Morgan fingerprint density at radius 2 is 1.89 bits per heavy atom. The number of aromatic nitrogens is 1. The number of quaternary nitrogens is 1. The van der Waals surface area contributed by atoms with Crippen LogP contribution in [-0.2, 0) is 17.4 Å². The summed E-state index contributed by atoms with van der Waals surface area (Å²) < 4.78 is 7.25. The van der Waals surface area contributed by atoms with Crippen LogP contribution in [-0.4, -0.2) is 50.2 Å². The van der Waals surface area contributed by atoms with E-state index in [2.05, 4.69) is 4.99 Å². The number of morpholine rings is 1. The quantitative estimate of drug-likeness (QED) is 0.248. The van der Waals surface area contributed by atoms with Gasteiger partial charge in [-0.15, -0.1) is 0 Å². The number of Topliss-reactive ketones (excluding diaryl/α,β-unsaturated/α-hetero) is 1. The second kappa shape index (κ2) is 9.87. The standard InChI is InChI=1S/C22H27N3O2S/c1-17-6-7-19(16-18(17)2)21(26)20(25-9-4-3-5-10-25)22(28)23-8-11-24-12-14-27-15-13-24/h3-7,9-10,16,20H,8,11-15H2,1-2H3/p+1/t20-/m1/s1. The number of aliphatic imine (C=N–C) groups is 1. The van der Waals surface area contributed by atoms with Crippen LogP contribution in [0.3, 0.4) is 0 Å². The van der Waals surface area contributed by atoms with Crippen LogP contribution < -0.4 is 9.47 Å². The number of pyridine rings is 1. The Balaban J connectivity index is 1.80. The van der Waals surface area contributed by atoms with Crippen molar-refractivity contribution in [1.29, 1.82) is 0 Å². The van der Waals surface area contributed by atoms with Gasteiger partial charge in [-0.1, -0.05) is 18.2 Å². The lowest BCUT2D eigenvalue weighted by molar-refractivity contribution is -0.906. The number of aryl methyl sites for hydroxylation is 2. The maximum Gasteiger partial charge on any atom is 0.237 e. The maximum absolute atomic E-state index is 13.3. The molecule has 1 N–H and O–H groups in total. The molecule has 1 atom stereocenters. The Bertz CT molecular complexity index is 833. The highest BCUT2D eigenvalue weighted by Crippen LogP contribution is 2.15. The number of rotatable bonds is 7. The van der Waals surface area contributed by atoms with Crippen LogP contribution in [0.4, 0.5) is 0 Å². The van der Waals surface area contributed by atoms with Crippen molar-refractivity contribution < 1.29 is 19.0 Å². The number of nitrogens with one attached hydrogen (secondary N) is 1. The molecule has 0 unspecified atom stereocenters. The van der Waals surface area contributed by atoms with Crippen molar-refractivity contribution in [3.05, 3.63) is 65.5 Å². The Kier molecular flexibility index (Phi) is 7.25. The molecule has 1 saturated heterocycles. The van der Waals surface area contributed by atoms with Crippen LogP contribution in [0, 0.1) is 13.8 Å². The molecule has 6 heteroatoms. The molecule has 1 aromatic carbocycles. The third kappa shape index (κ3) is 5.22. The summed E-state index contributed by atoms with van der Waals surface area (Å²) in [6.07, 6.45) is 3.75. The van der Waals surface area contributed by atoms with Crippen molar-refractivity contribution in [3.63, 3.8) is 0 Å². The number of carbonyl (C=O) groups excluding carboxylic acids is 1. The fraction of sp³-hybridized carbons (Fsp3) is 0.409. The molecule has 3 rings (SSSR count). The van der Waals surface area contributed by atoms with Gasteiger partial charge < -0.3 is 27.3 Å². The minimum atomic E-state index is -0.599. The average molecular weight is 399 g/mol. The highest BCUT2D eigenvalue weighted by molar-refractivity contribution is 7.77. The van der Waals surface area contributed by atoms with Gasteiger partial charge in [0.1, 0.15) is 13.1 Å². The van der Waals surface area contributed by atoms with Crippen molar-refractivity contribution in [2.24, 2.45) is 4.99 Å². The molecule has 148 valence electrons. The van der Waals surface area contributed by atoms with Gasteiger partial charge in [0.25, 0.3) is 0 Å². The van der Waals surface area contributed by atoms with Gasteiger partial charge in [0.2, 0.25) is 11.8 Å². The van der Waals surface area contributed by atoms with Gasteiger partial charge in [0.15, 0.2) is 12.4 Å². The first-order valence-corrected chi connectivity index (χ1v) is 10.2. The lowest BCUT2D eigenvalue weighted by atomic mass is 9.99. The van der Waals surface area contributed by atoms with E-state index in [1.807, 2.05) is 67.2 Å². The molecule has 0 aliphatic carbocycles. The van der Waals surface area contributed by atoms with Crippen molar-refractivity contribution in [2.75, 3.05) is 39.4 Å². The van der Waals surface area contributed by atoms with E-state index in [9.17, 15) is 4.79 Å². The minimum absolute atomic E-state index is 0.0215. The fourth-order valence-corrected chi connectivity index (χ4v) is 3.65. The van der Waals surface area contributed by atoms with Gasteiger partial charge in [-0.2, -0.15) is 4.57 Å². The van der Waals surface area contributed by atoms with E-state index >= 15 is 0 Å². The number of ether oxygens (including phenoxy) is 1. The lowest BCUT2D eigenvalue weighted by Gasteiger charge is -2.24. The molecule has 1 aliphatic rings. The Hall–Kier alpha value is -2.15. The highest BCUT2D eigenvalue weighted by atomic mass is 32.1. The molecule has 0 amide bonds. The van der Waals surface area contributed by atoms with Crippen LogP contribution in [0.2, 0.25) is 0 Å². The number of carbonyl (C=O) groups is 1. The summed E-state index contributed by atoms with van der Waals surface area (Å²) in [7, 11) is 0. The third-order valence-corrected chi connectivity index (χ3v) is 5.60. The van der Waals surface area contributed by atoms with Crippen molar-refractivity contribution >= 4 is 23.5 Å². The van der Waals surface area contributed by atoms with E-state index in [1.165, 1.54) is 10.5 Å². The van der Waals surface area contributed by atoms with E-state index < -0.39 is 6.04 Å². The van der Waals surface area contributed by atoms with Gasteiger partial charge in [-0.05, 0) is 36.1 Å². The minimum Gasteiger partial charge on any atom is -0.758 e. The summed E-state index contributed by atoms with van der Waals surface area (Å²) in [6, 6.07) is 10.9. The zero-order valence-corrected chi connectivity index (χ0v) is 17.4. The highest BCUT2D eigenvalue weighted by Gasteiger charge is 2.28. The largest absolute Gasteiger partial charge is 0.758 e. The first-order valence-electron chi connectivity index (χ1n) is 9.76. The zero-order chi connectivity index (χ0) is 19.9. The maximum atomic E-state index is 13.3. The van der Waals surface area contributed by atoms with Crippen LogP contribution in [0.25, 0.3) is 0 Å². The number of hydrogen-bond donors (Lipinski definition) is 1. The van der Waals surface area contributed by atoms with Gasteiger partial charge in [-0.25, -0.2) is 0 Å². The summed E-state index contributed by atoms with van der Waals surface area (Å²) in [5.74, 6) is -0.0215. The SMILES string of the molecule is Cc1ccc(C(=O)[C@H](C([S-])=NCC[NH+]2CCOCC2)[n+]2ccccc2)cc1C. The molecule has 1 aromatic heterocycles. The lowest BCUT2D eigenvalue weighted by Crippen LogP contribution is -3.14. The summed E-state index contributed by atoms with van der Waals surface area (Å²) in [4.78, 5) is 19.4. The molecule has 0 bridgehead atoms. The number of ketones is 1. The Morgan fingerprint density at radius 3 is 2.57 bits per heavy atom. The molecular weight excluding hydrogens is 370 g/mol. The Morgan fingerprint density at radius 1 is 1.18 bits per heavy atom. The van der Waals surface area contributed by atoms with Gasteiger partial charge in [0.05, 0.1) is 26.3 Å². The summed E-state index contributed by atoms with van der Waals surface area (Å²) in [5, 5.41) is 0.437. The van der Waals surface area contributed by atoms with Gasteiger partial charge >= 0.3 is 0 Å². The molecule has 0 radical (unpaired) electrons. The zero-order valence-electron chi connectivity index (χ0n) is 16.6. The number of benzene rings is 1. The molecule has 0 spiro atoms. The molecular formula is C22H28N3O2S+. The first-order chi connectivity index (χ1) is 13.6. The van der Waals surface area contributed by atoms with Crippen LogP contribution in [0.5, 0.6) is 0 Å².